The molecule has 0 radical (unpaired) electrons. The van der Waals surface area contributed by atoms with Crippen LogP contribution in [0.25, 0.3) is 0 Å². The van der Waals surface area contributed by atoms with Crippen molar-refractivity contribution in [2.75, 3.05) is 18.0 Å². The summed E-state index contributed by atoms with van der Waals surface area (Å²) in [6, 6.07) is 4.16. The van der Waals surface area contributed by atoms with E-state index < -0.39 is 0 Å². The zero-order valence-electron chi connectivity index (χ0n) is 8.70. The largest absolute Gasteiger partial charge is 0.370 e. The number of aromatic nitrogens is 1. The van der Waals surface area contributed by atoms with Gasteiger partial charge in [0.1, 0.15) is 0 Å². The first-order valence-corrected chi connectivity index (χ1v) is 4.82. The van der Waals surface area contributed by atoms with Gasteiger partial charge in [0.15, 0.2) is 0 Å². The van der Waals surface area contributed by atoms with Crippen molar-refractivity contribution in [3.63, 3.8) is 0 Å². The highest BCUT2D eigenvalue weighted by Crippen LogP contribution is 2.17. The Labute approximate surface area is 85.0 Å². The Kier molecular flexibility index (Phi) is 3.93. The number of rotatable bonds is 4. The lowest BCUT2D eigenvalue weighted by molar-refractivity contribution is 0.822. The molecular weight excluding hydrogens is 174 g/mol. The number of nitriles is 1. The SMILES string of the molecule is CCN(CCC#N)c1ccncc1C. The van der Waals surface area contributed by atoms with Crippen molar-refractivity contribution in [3.05, 3.63) is 24.0 Å². The van der Waals surface area contributed by atoms with E-state index in [-0.39, 0.29) is 0 Å². The lowest BCUT2D eigenvalue weighted by Crippen LogP contribution is -2.24. The summed E-state index contributed by atoms with van der Waals surface area (Å²) in [7, 11) is 0. The number of hydrogen-bond donors (Lipinski definition) is 0. The summed E-state index contributed by atoms with van der Waals surface area (Å²) in [5.74, 6) is 0. The van der Waals surface area contributed by atoms with E-state index in [1.165, 1.54) is 5.69 Å². The van der Waals surface area contributed by atoms with Crippen LogP contribution in [0.5, 0.6) is 0 Å². The number of anilines is 1. The highest BCUT2D eigenvalue weighted by atomic mass is 15.1. The standard InChI is InChI=1S/C11H15N3/c1-3-14(8-4-6-12)11-5-7-13-9-10(11)2/h5,7,9H,3-4,8H2,1-2H3. The fourth-order valence-electron chi connectivity index (χ4n) is 1.45. The first kappa shape index (κ1) is 10.5. The summed E-state index contributed by atoms with van der Waals surface area (Å²) in [4.78, 5) is 6.24. The zero-order chi connectivity index (χ0) is 10.4. The molecule has 3 heteroatoms. The van der Waals surface area contributed by atoms with Gasteiger partial charge in [0.25, 0.3) is 0 Å². The van der Waals surface area contributed by atoms with Gasteiger partial charge in [0.05, 0.1) is 12.5 Å². The molecule has 0 atom stereocenters. The van der Waals surface area contributed by atoms with Crippen LogP contribution in [0.4, 0.5) is 5.69 Å². The molecule has 0 saturated carbocycles. The van der Waals surface area contributed by atoms with Gasteiger partial charge in [-0.05, 0) is 25.5 Å². The fourth-order valence-corrected chi connectivity index (χ4v) is 1.45. The first-order valence-electron chi connectivity index (χ1n) is 4.82. The van der Waals surface area contributed by atoms with Gasteiger partial charge in [-0.1, -0.05) is 0 Å². The van der Waals surface area contributed by atoms with E-state index in [1.807, 2.05) is 19.2 Å². The summed E-state index contributed by atoms with van der Waals surface area (Å²) >= 11 is 0. The molecule has 0 saturated heterocycles. The van der Waals surface area contributed by atoms with Crippen LogP contribution in [0, 0.1) is 18.3 Å². The van der Waals surface area contributed by atoms with E-state index >= 15 is 0 Å². The van der Waals surface area contributed by atoms with Crippen LogP contribution in [0.3, 0.4) is 0 Å². The van der Waals surface area contributed by atoms with E-state index in [0.29, 0.717) is 6.42 Å². The Morgan fingerprint density at radius 3 is 2.93 bits per heavy atom. The molecule has 74 valence electrons. The predicted octanol–water partition coefficient (Wildman–Crippen LogP) is 2.13. The Morgan fingerprint density at radius 1 is 1.57 bits per heavy atom. The third-order valence-corrected chi connectivity index (χ3v) is 2.21. The molecule has 0 N–H and O–H groups in total. The lowest BCUT2D eigenvalue weighted by Gasteiger charge is -2.23. The maximum absolute atomic E-state index is 8.54. The summed E-state index contributed by atoms with van der Waals surface area (Å²) in [6.07, 6.45) is 4.21. The van der Waals surface area contributed by atoms with E-state index in [4.69, 9.17) is 5.26 Å². The minimum atomic E-state index is 0.565. The van der Waals surface area contributed by atoms with Gasteiger partial charge in [0.2, 0.25) is 0 Å². The zero-order valence-corrected chi connectivity index (χ0v) is 8.70. The predicted molar refractivity (Wildman–Crippen MR) is 57.1 cm³/mol. The normalized spacial score (nSPS) is 9.50. The molecule has 3 nitrogen and oxygen atoms in total. The third kappa shape index (κ3) is 2.46. The molecular formula is C11H15N3. The molecule has 0 spiro atoms. The second-order valence-corrected chi connectivity index (χ2v) is 3.15. The van der Waals surface area contributed by atoms with Gasteiger partial charge in [-0.25, -0.2) is 0 Å². The fraction of sp³-hybridized carbons (Fsp3) is 0.455. The molecule has 1 heterocycles. The monoisotopic (exact) mass is 189 g/mol. The Hall–Kier alpha value is -1.56. The van der Waals surface area contributed by atoms with Crippen molar-refractivity contribution < 1.29 is 0 Å². The molecule has 0 aliphatic rings. The summed E-state index contributed by atoms with van der Waals surface area (Å²) in [5.41, 5.74) is 2.34. The molecule has 0 bridgehead atoms. The minimum Gasteiger partial charge on any atom is -0.370 e. The van der Waals surface area contributed by atoms with Gasteiger partial charge >= 0.3 is 0 Å². The van der Waals surface area contributed by atoms with Crippen molar-refractivity contribution in [3.8, 4) is 6.07 Å². The second-order valence-electron chi connectivity index (χ2n) is 3.15. The number of nitrogens with zero attached hydrogens (tertiary/aromatic N) is 3. The van der Waals surface area contributed by atoms with Gasteiger partial charge < -0.3 is 4.90 Å². The molecule has 0 amide bonds. The van der Waals surface area contributed by atoms with Gasteiger partial charge in [0, 0.05) is 31.2 Å². The van der Waals surface area contributed by atoms with Gasteiger partial charge in [-0.3, -0.25) is 4.98 Å². The van der Waals surface area contributed by atoms with Crippen molar-refractivity contribution >= 4 is 5.69 Å². The van der Waals surface area contributed by atoms with Crippen LogP contribution in [-0.4, -0.2) is 18.1 Å². The Bertz CT molecular complexity index is 328. The molecule has 14 heavy (non-hydrogen) atoms. The average molecular weight is 189 g/mol. The topological polar surface area (TPSA) is 39.9 Å². The lowest BCUT2D eigenvalue weighted by atomic mass is 10.2. The molecule has 0 unspecified atom stereocenters. The smallest absolute Gasteiger partial charge is 0.0640 e. The first-order chi connectivity index (χ1) is 6.79. The molecule has 0 aliphatic carbocycles. The quantitative estimate of drug-likeness (QED) is 0.728. The molecule has 0 aromatic carbocycles. The highest BCUT2D eigenvalue weighted by molar-refractivity contribution is 5.51. The molecule has 0 fully saturated rings. The van der Waals surface area contributed by atoms with E-state index in [9.17, 15) is 0 Å². The Morgan fingerprint density at radius 2 is 2.36 bits per heavy atom. The number of hydrogen-bond acceptors (Lipinski definition) is 3. The minimum absolute atomic E-state index is 0.565. The van der Waals surface area contributed by atoms with Gasteiger partial charge in [-0.15, -0.1) is 0 Å². The van der Waals surface area contributed by atoms with Crippen molar-refractivity contribution in [1.29, 1.82) is 5.26 Å². The van der Waals surface area contributed by atoms with Crippen LogP contribution in [0.2, 0.25) is 0 Å². The van der Waals surface area contributed by atoms with E-state index in [2.05, 4.69) is 22.9 Å². The molecule has 1 aromatic heterocycles. The van der Waals surface area contributed by atoms with Crippen molar-refractivity contribution in [1.82, 2.24) is 4.98 Å². The van der Waals surface area contributed by atoms with Crippen LogP contribution in [-0.2, 0) is 0 Å². The molecule has 1 rings (SSSR count). The van der Waals surface area contributed by atoms with Crippen molar-refractivity contribution in [2.45, 2.75) is 20.3 Å². The molecule has 0 aliphatic heterocycles. The van der Waals surface area contributed by atoms with Crippen LogP contribution >= 0.6 is 0 Å². The summed E-state index contributed by atoms with van der Waals surface area (Å²) in [6.45, 7) is 5.85. The van der Waals surface area contributed by atoms with Crippen LogP contribution in [0.1, 0.15) is 18.9 Å². The van der Waals surface area contributed by atoms with E-state index in [1.54, 1.807) is 6.20 Å². The number of aryl methyl sites for hydroxylation is 1. The van der Waals surface area contributed by atoms with Crippen molar-refractivity contribution in [2.24, 2.45) is 0 Å². The van der Waals surface area contributed by atoms with Crippen LogP contribution in [0.15, 0.2) is 18.5 Å². The second kappa shape index (κ2) is 5.23. The van der Waals surface area contributed by atoms with E-state index in [0.717, 1.165) is 18.7 Å². The Balaban J connectivity index is 2.79. The summed E-state index contributed by atoms with van der Waals surface area (Å²) < 4.78 is 0. The van der Waals surface area contributed by atoms with Crippen LogP contribution < -0.4 is 4.90 Å². The average Bonchev–Trinajstić information content (AvgIpc) is 2.21. The number of pyridine rings is 1. The summed E-state index contributed by atoms with van der Waals surface area (Å²) in [5, 5.41) is 8.54. The third-order valence-electron chi connectivity index (χ3n) is 2.21. The van der Waals surface area contributed by atoms with Gasteiger partial charge in [-0.2, -0.15) is 5.26 Å². The maximum Gasteiger partial charge on any atom is 0.0640 e. The maximum atomic E-state index is 8.54. The highest BCUT2D eigenvalue weighted by Gasteiger charge is 2.05. The molecule has 1 aromatic rings.